The van der Waals surface area contributed by atoms with Crippen LogP contribution < -0.4 is 11.3 Å². The average Bonchev–Trinajstić information content (AvgIpc) is 2.55. The molecule has 1 aromatic rings. The number of nitrogens with one attached hydrogen (secondary N) is 1. The number of furan rings is 1. The van der Waals surface area contributed by atoms with Crippen molar-refractivity contribution in [3.63, 3.8) is 0 Å². The third-order valence-electron chi connectivity index (χ3n) is 3.45. The largest absolute Gasteiger partial charge is 0.453 e. The molecule has 1 atom stereocenters. The monoisotopic (exact) mass is 286 g/mol. The lowest BCUT2D eigenvalue weighted by Crippen LogP contribution is -2.33. The van der Waals surface area contributed by atoms with Gasteiger partial charge in [-0.3, -0.25) is 5.84 Å². The maximum Gasteiger partial charge on any atom is 0.169 e. The first-order chi connectivity index (χ1) is 7.81. The summed E-state index contributed by atoms with van der Waals surface area (Å²) in [7, 11) is 0. The van der Waals surface area contributed by atoms with Crippen molar-refractivity contribution < 1.29 is 4.42 Å². The van der Waals surface area contributed by atoms with Gasteiger partial charge in [-0.15, -0.1) is 0 Å². The van der Waals surface area contributed by atoms with Gasteiger partial charge in [-0.2, -0.15) is 0 Å². The van der Waals surface area contributed by atoms with Gasteiger partial charge in [0.2, 0.25) is 0 Å². The van der Waals surface area contributed by atoms with Crippen LogP contribution in [-0.2, 0) is 0 Å². The summed E-state index contributed by atoms with van der Waals surface area (Å²) in [5, 5.41) is 0. The fraction of sp³-hybridized carbons (Fsp3) is 0.667. The van der Waals surface area contributed by atoms with Crippen molar-refractivity contribution in [2.45, 2.75) is 44.6 Å². The molecule has 1 heterocycles. The molecule has 0 spiro atoms. The fourth-order valence-electron chi connectivity index (χ4n) is 2.59. The Morgan fingerprint density at radius 3 is 2.44 bits per heavy atom. The molecule has 16 heavy (non-hydrogen) atoms. The summed E-state index contributed by atoms with van der Waals surface area (Å²) in [5.41, 5.74) is 2.91. The van der Waals surface area contributed by atoms with Crippen LogP contribution in [0.15, 0.2) is 21.2 Å². The zero-order chi connectivity index (χ0) is 11.4. The third kappa shape index (κ3) is 2.87. The van der Waals surface area contributed by atoms with Crippen LogP contribution in [0, 0.1) is 5.92 Å². The van der Waals surface area contributed by atoms with Gasteiger partial charge < -0.3 is 4.42 Å². The second-order valence-corrected chi connectivity index (χ2v) is 5.32. The zero-order valence-corrected chi connectivity index (χ0v) is 11.0. The normalized spacial score (nSPS) is 20.6. The molecule has 0 aliphatic heterocycles. The van der Waals surface area contributed by atoms with Gasteiger partial charge >= 0.3 is 0 Å². The summed E-state index contributed by atoms with van der Waals surface area (Å²) in [4.78, 5) is 0. The topological polar surface area (TPSA) is 51.2 Å². The van der Waals surface area contributed by atoms with Crippen molar-refractivity contribution in [3.8, 4) is 0 Å². The first-order valence-corrected chi connectivity index (χ1v) is 6.82. The van der Waals surface area contributed by atoms with Gasteiger partial charge in [0, 0.05) is 0 Å². The molecule has 1 unspecified atom stereocenters. The quantitative estimate of drug-likeness (QED) is 0.508. The third-order valence-corrected chi connectivity index (χ3v) is 3.88. The Morgan fingerprint density at radius 1 is 1.25 bits per heavy atom. The Bertz CT molecular complexity index is 319. The molecule has 0 bridgehead atoms. The van der Waals surface area contributed by atoms with Crippen molar-refractivity contribution in [2.24, 2.45) is 11.8 Å². The Kier molecular flexibility index (Phi) is 4.44. The van der Waals surface area contributed by atoms with Gasteiger partial charge in [0.15, 0.2) is 4.67 Å². The molecule has 0 amide bonds. The van der Waals surface area contributed by atoms with Gasteiger partial charge in [0.1, 0.15) is 5.76 Å². The van der Waals surface area contributed by atoms with E-state index >= 15 is 0 Å². The highest BCUT2D eigenvalue weighted by molar-refractivity contribution is 9.10. The van der Waals surface area contributed by atoms with Crippen LogP contribution in [0.1, 0.15) is 50.3 Å². The summed E-state index contributed by atoms with van der Waals surface area (Å²) >= 11 is 3.33. The zero-order valence-electron chi connectivity index (χ0n) is 9.42. The van der Waals surface area contributed by atoms with Crippen LogP contribution in [0.25, 0.3) is 0 Å². The highest BCUT2D eigenvalue weighted by atomic mass is 79.9. The summed E-state index contributed by atoms with van der Waals surface area (Å²) in [6.45, 7) is 0. The van der Waals surface area contributed by atoms with E-state index in [2.05, 4.69) is 21.4 Å². The van der Waals surface area contributed by atoms with Crippen molar-refractivity contribution in [3.05, 3.63) is 22.6 Å². The predicted octanol–water partition coefficient (Wildman–Crippen LogP) is 3.52. The smallest absolute Gasteiger partial charge is 0.169 e. The molecule has 90 valence electrons. The molecule has 1 fully saturated rings. The Morgan fingerprint density at radius 2 is 1.94 bits per heavy atom. The lowest BCUT2D eigenvalue weighted by atomic mass is 9.91. The van der Waals surface area contributed by atoms with E-state index in [9.17, 15) is 0 Å². The first kappa shape index (κ1) is 12.1. The minimum atomic E-state index is 0.157. The average molecular weight is 287 g/mol. The lowest BCUT2D eigenvalue weighted by Gasteiger charge is -2.23. The lowest BCUT2D eigenvalue weighted by molar-refractivity contribution is 0.283. The molecule has 1 aliphatic rings. The molecule has 1 saturated carbocycles. The van der Waals surface area contributed by atoms with E-state index in [0.29, 0.717) is 5.92 Å². The standard InChI is InChI=1S/C12H19BrN2O/c13-11-8-7-10(16-11)12(15-14)9-5-3-1-2-4-6-9/h7-9,12,15H,1-6,14H2. The summed E-state index contributed by atoms with van der Waals surface area (Å²) < 4.78 is 6.38. The molecular weight excluding hydrogens is 268 g/mol. The Balaban J connectivity index is 2.08. The van der Waals surface area contributed by atoms with E-state index in [1.807, 2.05) is 12.1 Å². The van der Waals surface area contributed by atoms with Crippen LogP contribution >= 0.6 is 15.9 Å². The Hall–Kier alpha value is -0.320. The van der Waals surface area contributed by atoms with Crippen LogP contribution in [0.2, 0.25) is 0 Å². The number of halogens is 1. The minimum Gasteiger partial charge on any atom is -0.453 e. The second-order valence-electron chi connectivity index (χ2n) is 4.54. The van der Waals surface area contributed by atoms with Crippen molar-refractivity contribution in [1.29, 1.82) is 0 Å². The molecule has 3 N–H and O–H groups in total. The highest BCUT2D eigenvalue weighted by Gasteiger charge is 2.25. The van der Waals surface area contributed by atoms with Gasteiger partial charge in [-0.25, -0.2) is 5.43 Å². The fourth-order valence-corrected chi connectivity index (χ4v) is 2.91. The SMILES string of the molecule is NNC(c1ccc(Br)o1)C1CCCCCC1. The first-order valence-electron chi connectivity index (χ1n) is 6.02. The molecule has 4 heteroatoms. The molecular formula is C12H19BrN2O. The molecule has 3 nitrogen and oxygen atoms in total. The van der Waals surface area contributed by atoms with Crippen molar-refractivity contribution in [1.82, 2.24) is 5.43 Å². The summed E-state index contributed by atoms with van der Waals surface area (Å²) in [6.07, 6.45) is 7.82. The van der Waals surface area contributed by atoms with Crippen LogP contribution in [0.3, 0.4) is 0 Å². The van der Waals surface area contributed by atoms with Crippen molar-refractivity contribution in [2.75, 3.05) is 0 Å². The minimum absolute atomic E-state index is 0.157. The van der Waals surface area contributed by atoms with Gasteiger partial charge in [-0.05, 0) is 46.8 Å². The second kappa shape index (κ2) is 5.84. The van der Waals surface area contributed by atoms with Gasteiger partial charge in [0.25, 0.3) is 0 Å². The van der Waals surface area contributed by atoms with Gasteiger partial charge in [0.05, 0.1) is 6.04 Å². The maximum absolute atomic E-state index is 5.67. The summed E-state index contributed by atoms with van der Waals surface area (Å²) in [5.74, 6) is 7.22. The number of hydrogen-bond donors (Lipinski definition) is 2. The maximum atomic E-state index is 5.67. The molecule has 1 aromatic heterocycles. The Labute approximate surface area is 105 Å². The van der Waals surface area contributed by atoms with E-state index in [1.54, 1.807) is 0 Å². The predicted molar refractivity (Wildman–Crippen MR) is 67.7 cm³/mol. The van der Waals surface area contributed by atoms with E-state index in [-0.39, 0.29) is 6.04 Å². The molecule has 0 saturated heterocycles. The van der Waals surface area contributed by atoms with E-state index in [4.69, 9.17) is 10.3 Å². The van der Waals surface area contributed by atoms with E-state index in [0.717, 1.165) is 10.4 Å². The number of rotatable bonds is 3. The van der Waals surface area contributed by atoms with E-state index in [1.165, 1.54) is 38.5 Å². The van der Waals surface area contributed by atoms with Crippen LogP contribution in [-0.4, -0.2) is 0 Å². The molecule has 0 radical (unpaired) electrons. The molecule has 0 aromatic carbocycles. The molecule has 1 aliphatic carbocycles. The van der Waals surface area contributed by atoms with Crippen molar-refractivity contribution >= 4 is 15.9 Å². The van der Waals surface area contributed by atoms with Gasteiger partial charge in [-0.1, -0.05) is 25.7 Å². The number of hydrazine groups is 1. The number of nitrogens with two attached hydrogens (primary N) is 1. The summed E-state index contributed by atoms with van der Waals surface area (Å²) in [6, 6.07) is 4.08. The van der Waals surface area contributed by atoms with Crippen LogP contribution in [0.4, 0.5) is 0 Å². The van der Waals surface area contributed by atoms with E-state index < -0.39 is 0 Å². The molecule has 2 rings (SSSR count). The number of hydrogen-bond acceptors (Lipinski definition) is 3. The highest BCUT2D eigenvalue weighted by Crippen LogP contribution is 2.34. The van der Waals surface area contributed by atoms with Crippen LogP contribution in [0.5, 0.6) is 0 Å².